The van der Waals surface area contributed by atoms with E-state index < -0.39 is 5.97 Å². The minimum atomic E-state index is -0.471. The van der Waals surface area contributed by atoms with Crippen LogP contribution in [0.25, 0.3) is 0 Å². The van der Waals surface area contributed by atoms with Crippen molar-refractivity contribution in [2.75, 3.05) is 13.7 Å². The number of esters is 1. The average Bonchev–Trinajstić information content (AvgIpc) is 2.77. The Morgan fingerprint density at radius 1 is 1.65 bits per heavy atom. The highest BCUT2D eigenvalue weighted by molar-refractivity contribution is 7.09. The van der Waals surface area contributed by atoms with Gasteiger partial charge < -0.3 is 10.1 Å². The van der Waals surface area contributed by atoms with Crippen LogP contribution in [0.5, 0.6) is 0 Å². The number of hydrogen-bond acceptors (Lipinski definition) is 6. The van der Waals surface area contributed by atoms with Crippen LogP contribution in [0.3, 0.4) is 0 Å². The van der Waals surface area contributed by atoms with E-state index >= 15 is 0 Å². The lowest BCUT2D eigenvalue weighted by atomic mass is 10.4. The van der Waals surface area contributed by atoms with Gasteiger partial charge >= 0.3 is 5.97 Å². The third kappa shape index (κ3) is 4.20. The molecule has 0 aliphatic carbocycles. The van der Waals surface area contributed by atoms with Crippen LogP contribution in [0.15, 0.2) is 5.38 Å². The molecular formula is C10H11N3O3S. The fraction of sp³-hybridized carbons (Fsp3) is 0.400. The first kappa shape index (κ1) is 13.1. The fourth-order valence-corrected chi connectivity index (χ4v) is 1.83. The SMILES string of the molecule is COC(=O)c1csc(CCNC(=O)CC#N)n1. The number of carbonyl (C=O) groups excluding carboxylic acids is 2. The Hall–Kier alpha value is -1.94. The Labute approximate surface area is 102 Å². The predicted octanol–water partition coefficient (Wildman–Crippen LogP) is 0.502. The molecule has 0 saturated heterocycles. The molecule has 0 aliphatic heterocycles. The second-order valence-electron chi connectivity index (χ2n) is 3.05. The normalized spacial score (nSPS) is 9.41. The summed E-state index contributed by atoms with van der Waals surface area (Å²) in [5.41, 5.74) is 0.274. The van der Waals surface area contributed by atoms with E-state index in [9.17, 15) is 9.59 Å². The molecule has 0 aliphatic rings. The zero-order chi connectivity index (χ0) is 12.7. The van der Waals surface area contributed by atoms with Crippen molar-refractivity contribution in [2.24, 2.45) is 0 Å². The van der Waals surface area contributed by atoms with Gasteiger partial charge in [-0.2, -0.15) is 5.26 Å². The van der Waals surface area contributed by atoms with E-state index in [2.05, 4.69) is 15.0 Å². The molecule has 1 amide bonds. The fourth-order valence-electron chi connectivity index (χ4n) is 1.07. The van der Waals surface area contributed by atoms with Crippen molar-refractivity contribution >= 4 is 23.2 Å². The van der Waals surface area contributed by atoms with Crippen molar-refractivity contribution < 1.29 is 14.3 Å². The first-order valence-corrected chi connectivity index (χ1v) is 5.71. The number of methoxy groups -OCH3 is 1. The monoisotopic (exact) mass is 253 g/mol. The van der Waals surface area contributed by atoms with Gasteiger partial charge in [0.2, 0.25) is 5.91 Å². The van der Waals surface area contributed by atoms with Crippen molar-refractivity contribution in [1.82, 2.24) is 10.3 Å². The number of nitriles is 1. The lowest BCUT2D eigenvalue weighted by Crippen LogP contribution is -2.24. The molecule has 0 atom stereocenters. The zero-order valence-electron chi connectivity index (χ0n) is 9.23. The van der Waals surface area contributed by atoms with Crippen molar-refractivity contribution in [3.05, 3.63) is 16.1 Å². The largest absolute Gasteiger partial charge is 0.464 e. The maximum Gasteiger partial charge on any atom is 0.357 e. The van der Waals surface area contributed by atoms with Crippen molar-refractivity contribution in [2.45, 2.75) is 12.8 Å². The highest BCUT2D eigenvalue weighted by atomic mass is 32.1. The van der Waals surface area contributed by atoms with Crippen LogP contribution in [0.2, 0.25) is 0 Å². The number of ether oxygens (including phenoxy) is 1. The molecule has 7 heteroatoms. The Morgan fingerprint density at radius 2 is 2.41 bits per heavy atom. The number of rotatable bonds is 5. The summed E-state index contributed by atoms with van der Waals surface area (Å²) >= 11 is 1.33. The van der Waals surface area contributed by atoms with E-state index in [1.165, 1.54) is 18.4 Å². The van der Waals surface area contributed by atoms with Gasteiger partial charge in [-0.05, 0) is 0 Å². The molecule has 0 aromatic carbocycles. The molecule has 0 bridgehead atoms. The summed E-state index contributed by atoms with van der Waals surface area (Å²) in [5.74, 6) is -0.779. The molecule has 6 nitrogen and oxygen atoms in total. The van der Waals surface area contributed by atoms with Gasteiger partial charge in [0.25, 0.3) is 0 Å². The molecular weight excluding hydrogens is 242 g/mol. The standard InChI is InChI=1S/C10H11N3O3S/c1-16-10(15)7-6-17-9(13-7)3-5-12-8(14)2-4-11/h6H,2-3,5H2,1H3,(H,12,14). The molecule has 0 spiro atoms. The van der Waals surface area contributed by atoms with E-state index in [1.807, 2.05) is 0 Å². The number of nitrogens with one attached hydrogen (secondary N) is 1. The van der Waals surface area contributed by atoms with Crippen LogP contribution in [0, 0.1) is 11.3 Å². The molecule has 90 valence electrons. The third-order valence-electron chi connectivity index (χ3n) is 1.85. The Balaban J connectivity index is 2.38. The highest BCUT2D eigenvalue weighted by Gasteiger charge is 2.10. The number of amides is 1. The summed E-state index contributed by atoms with van der Waals surface area (Å²) < 4.78 is 4.52. The van der Waals surface area contributed by atoms with Gasteiger partial charge in [0.15, 0.2) is 5.69 Å². The highest BCUT2D eigenvalue weighted by Crippen LogP contribution is 2.10. The second kappa shape index (κ2) is 6.60. The van der Waals surface area contributed by atoms with E-state index in [0.29, 0.717) is 13.0 Å². The molecule has 17 heavy (non-hydrogen) atoms. The molecule has 1 aromatic heterocycles. The van der Waals surface area contributed by atoms with E-state index in [0.717, 1.165) is 5.01 Å². The van der Waals surface area contributed by atoms with E-state index in [-0.39, 0.29) is 18.0 Å². The quantitative estimate of drug-likeness (QED) is 0.771. The van der Waals surface area contributed by atoms with Crippen molar-refractivity contribution in [1.29, 1.82) is 5.26 Å². The van der Waals surface area contributed by atoms with Crippen LogP contribution >= 0.6 is 11.3 Å². The average molecular weight is 253 g/mol. The van der Waals surface area contributed by atoms with Crippen molar-refractivity contribution in [3.8, 4) is 6.07 Å². The molecule has 1 rings (SSSR count). The van der Waals surface area contributed by atoms with Gasteiger partial charge in [0.1, 0.15) is 6.42 Å². The molecule has 0 unspecified atom stereocenters. The van der Waals surface area contributed by atoms with Gasteiger partial charge in [0.05, 0.1) is 18.2 Å². The van der Waals surface area contributed by atoms with Crippen LogP contribution in [0.1, 0.15) is 21.9 Å². The molecule has 0 saturated carbocycles. The summed E-state index contributed by atoms with van der Waals surface area (Å²) in [6, 6.07) is 1.76. The first-order valence-electron chi connectivity index (χ1n) is 4.83. The molecule has 1 heterocycles. The lowest BCUT2D eigenvalue weighted by Gasteiger charge is -1.99. The topological polar surface area (TPSA) is 92.1 Å². The number of aromatic nitrogens is 1. The second-order valence-corrected chi connectivity index (χ2v) is 4.00. The molecule has 0 fully saturated rings. The number of thiazole rings is 1. The number of hydrogen-bond donors (Lipinski definition) is 1. The third-order valence-corrected chi connectivity index (χ3v) is 2.76. The zero-order valence-corrected chi connectivity index (χ0v) is 10.0. The van der Waals surface area contributed by atoms with Gasteiger partial charge in [-0.25, -0.2) is 9.78 Å². The number of carbonyl (C=O) groups is 2. The summed E-state index contributed by atoms with van der Waals surface area (Å²) in [6.45, 7) is 0.397. The van der Waals surface area contributed by atoms with Crippen molar-refractivity contribution in [3.63, 3.8) is 0 Å². The van der Waals surface area contributed by atoms with E-state index in [1.54, 1.807) is 11.4 Å². The Bertz CT molecular complexity index is 450. The minimum absolute atomic E-state index is 0.148. The summed E-state index contributed by atoms with van der Waals surface area (Å²) in [5, 5.41) is 13.2. The summed E-state index contributed by atoms with van der Waals surface area (Å²) in [6.07, 6.45) is 0.379. The summed E-state index contributed by atoms with van der Waals surface area (Å²) in [7, 11) is 1.30. The summed E-state index contributed by atoms with van der Waals surface area (Å²) in [4.78, 5) is 26.1. The maximum absolute atomic E-state index is 11.1. The molecule has 1 N–H and O–H groups in total. The smallest absolute Gasteiger partial charge is 0.357 e. The van der Waals surface area contributed by atoms with Gasteiger partial charge in [-0.1, -0.05) is 0 Å². The van der Waals surface area contributed by atoms with Gasteiger partial charge in [-0.15, -0.1) is 11.3 Å². The Kier molecular flexibility index (Phi) is 5.10. The molecule has 1 aromatic rings. The van der Waals surface area contributed by atoms with Crippen LogP contribution in [0.4, 0.5) is 0 Å². The van der Waals surface area contributed by atoms with Crippen LogP contribution in [-0.4, -0.2) is 30.5 Å². The van der Waals surface area contributed by atoms with Crippen LogP contribution < -0.4 is 5.32 Å². The number of nitrogens with zero attached hydrogens (tertiary/aromatic N) is 2. The Morgan fingerprint density at radius 3 is 3.06 bits per heavy atom. The minimum Gasteiger partial charge on any atom is -0.464 e. The first-order chi connectivity index (χ1) is 8.17. The lowest BCUT2D eigenvalue weighted by molar-refractivity contribution is -0.120. The van der Waals surface area contributed by atoms with Gasteiger partial charge in [-0.3, -0.25) is 4.79 Å². The molecule has 0 radical (unpaired) electrons. The maximum atomic E-state index is 11.1. The van der Waals surface area contributed by atoms with Gasteiger partial charge in [0, 0.05) is 18.3 Å². The van der Waals surface area contributed by atoms with Crippen LogP contribution in [-0.2, 0) is 16.0 Å². The predicted molar refractivity (Wildman–Crippen MR) is 60.4 cm³/mol. The van der Waals surface area contributed by atoms with E-state index in [4.69, 9.17) is 5.26 Å².